The van der Waals surface area contributed by atoms with Gasteiger partial charge in [0.25, 0.3) is 0 Å². The highest BCUT2D eigenvalue weighted by Gasteiger charge is 2.09. The van der Waals surface area contributed by atoms with Gasteiger partial charge in [-0.15, -0.1) is 0 Å². The van der Waals surface area contributed by atoms with E-state index in [1.54, 1.807) is 0 Å². The van der Waals surface area contributed by atoms with Gasteiger partial charge in [-0.25, -0.2) is 4.79 Å². The van der Waals surface area contributed by atoms with Gasteiger partial charge in [0.15, 0.2) is 0 Å². The number of ether oxygens (including phenoxy) is 1. The lowest BCUT2D eigenvalue weighted by atomic mass is 10.0. The highest BCUT2D eigenvalue weighted by molar-refractivity contribution is 5.66. The Morgan fingerprint density at radius 1 is 0.633 bits per heavy atom. The molecule has 180 valence electrons. The van der Waals surface area contributed by atoms with Gasteiger partial charge >= 0.3 is 6.09 Å². The first-order valence-electron chi connectivity index (χ1n) is 13.6. The summed E-state index contributed by atoms with van der Waals surface area (Å²) in [5.74, 6) is 0.520. The van der Waals surface area contributed by atoms with E-state index < -0.39 is 0 Å². The van der Waals surface area contributed by atoms with Crippen LogP contribution in [0.2, 0.25) is 0 Å². The van der Waals surface area contributed by atoms with E-state index in [0.717, 1.165) is 19.4 Å². The van der Waals surface area contributed by atoms with Gasteiger partial charge in [-0.3, -0.25) is 0 Å². The smallest absolute Gasteiger partial charge is 0.407 e. The molecule has 1 amide bonds. The summed E-state index contributed by atoms with van der Waals surface area (Å²) in [5.41, 5.74) is 0. The van der Waals surface area contributed by atoms with E-state index in [9.17, 15) is 4.79 Å². The van der Waals surface area contributed by atoms with Crippen LogP contribution in [0.25, 0.3) is 0 Å². The largest absolute Gasteiger partial charge is 0.449 e. The van der Waals surface area contributed by atoms with Crippen LogP contribution in [-0.2, 0) is 4.74 Å². The van der Waals surface area contributed by atoms with E-state index in [0.29, 0.717) is 12.5 Å². The van der Waals surface area contributed by atoms with Gasteiger partial charge in [-0.05, 0) is 18.8 Å². The molecule has 0 aromatic carbocycles. The number of hydrogen-bond acceptors (Lipinski definition) is 2. The van der Waals surface area contributed by atoms with Gasteiger partial charge in [-0.1, -0.05) is 136 Å². The molecular weight excluding hydrogens is 370 g/mol. The van der Waals surface area contributed by atoms with Crippen LogP contribution in [0, 0.1) is 5.92 Å². The minimum atomic E-state index is -0.231. The highest BCUT2D eigenvalue weighted by atomic mass is 16.5. The van der Waals surface area contributed by atoms with Gasteiger partial charge < -0.3 is 10.1 Å². The number of hydrogen-bond donors (Lipinski definition) is 1. The second kappa shape index (κ2) is 24.5. The number of carbonyl (C=O) groups excluding carboxylic acids is 1. The Bertz CT molecular complexity index is 346. The molecule has 0 saturated carbocycles. The van der Waals surface area contributed by atoms with Crippen LogP contribution < -0.4 is 5.32 Å². The van der Waals surface area contributed by atoms with E-state index in [1.165, 1.54) is 116 Å². The van der Waals surface area contributed by atoms with Gasteiger partial charge in [0.05, 0.1) is 6.61 Å². The molecule has 3 heteroatoms. The standard InChI is InChI=1S/C27H55NO2/c1-4-7-9-10-11-12-13-14-15-16-17-18-19-20-21-22-24-28-27(29)30-25-26(6-3)23-8-5-2/h26H,4-25H2,1-3H3,(H,28,29). The molecule has 1 atom stereocenters. The molecule has 0 radical (unpaired) electrons. The Morgan fingerprint density at radius 2 is 1.07 bits per heavy atom. The lowest BCUT2D eigenvalue weighted by Gasteiger charge is -2.14. The molecule has 30 heavy (non-hydrogen) atoms. The molecule has 0 spiro atoms. The Labute approximate surface area is 189 Å². The number of nitrogens with one attached hydrogen (secondary N) is 1. The fourth-order valence-corrected chi connectivity index (χ4v) is 4.01. The van der Waals surface area contributed by atoms with Gasteiger partial charge in [0.1, 0.15) is 0 Å². The van der Waals surface area contributed by atoms with Crippen molar-refractivity contribution in [2.45, 2.75) is 149 Å². The van der Waals surface area contributed by atoms with Crippen molar-refractivity contribution in [2.75, 3.05) is 13.2 Å². The predicted octanol–water partition coefficient (Wildman–Crippen LogP) is 9.19. The maximum atomic E-state index is 11.8. The zero-order valence-electron chi connectivity index (χ0n) is 21.0. The number of alkyl carbamates (subject to hydrolysis) is 1. The van der Waals surface area contributed by atoms with Crippen molar-refractivity contribution in [1.82, 2.24) is 5.32 Å². The minimum Gasteiger partial charge on any atom is -0.449 e. The lowest BCUT2D eigenvalue weighted by Crippen LogP contribution is -2.27. The van der Waals surface area contributed by atoms with Crippen molar-refractivity contribution in [3.8, 4) is 0 Å². The summed E-state index contributed by atoms with van der Waals surface area (Å²) in [4.78, 5) is 11.8. The Kier molecular flexibility index (Phi) is 23.9. The van der Waals surface area contributed by atoms with Crippen molar-refractivity contribution >= 4 is 6.09 Å². The van der Waals surface area contributed by atoms with Crippen LogP contribution >= 0.6 is 0 Å². The van der Waals surface area contributed by atoms with Crippen molar-refractivity contribution in [1.29, 1.82) is 0 Å². The molecule has 0 aliphatic carbocycles. The van der Waals surface area contributed by atoms with E-state index >= 15 is 0 Å². The molecule has 1 N–H and O–H groups in total. The number of amides is 1. The first-order valence-corrected chi connectivity index (χ1v) is 13.6. The Balaban J connectivity index is 3.24. The molecule has 0 bridgehead atoms. The third kappa shape index (κ3) is 22.0. The van der Waals surface area contributed by atoms with Crippen molar-refractivity contribution in [3.05, 3.63) is 0 Å². The monoisotopic (exact) mass is 425 g/mol. The summed E-state index contributed by atoms with van der Waals surface area (Å²) >= 11 is 0. The highest BCUT2D eigenvalue weighted by Crippen LogP contribution is 2.14. The quantitative estimate of drug-likeness (QED) is 0.166. The van der Waals surface area contributed by atoms with Crippen molar-refractivity contribution in [3.63, 3.8) is 0 Å². The number of rotatable bonds is 23. The SMILES string of the molecule is CCCCCCCCCCCCCCCCCCNC(=O)OCC(CC)CCCC. The summed E-state index contributed by atoms with van der Waals surface area (Å²) < 4.78 is 5.37. The molecular formula is C27H55NO2. The van der Waals surface area contributed by atoms with E-state index in [-0.39, 0.29) is 6.09 Å². The maximum absolute atomic E-state index is 11.8. The fourth-order valence-electron chi connectivity index (χ4n) is 4.01. The first kappa shape index (κ1) is 29.3. The van der Waals surface area contributed by atoms with Crippen LogP contribution in [0.4, 0.5) is 4.79 Å². The maximum Gasteiger partial charge on any atom is 0.407 e. The molecule has 0 heterocycles. The Hall–Kier alpha value is -0.730. The average Bonchev–Trinajstić information content (AvgIpc) is 2.76. The van der Waals surface area contributed by atoms with Crippen LogP contribution in [0.3, 0.4) is 0 Å². The molecule has 0 fully saturated rings. The fraction of sp³-hybridized carbons (Fsp3) is 0.963. The van der Waals surface area contributed by atoms with Crippen LogP contribution in [0.15, 0.2) is 0 Å². The average molecular weight is 426 g/mol. The zero-order chi connectivity index (χ0) is 22.1. The third-order valence-electron chi connectivity index (χ3n) is 6.29. The zero-order valence-corrected chi connectivity index (χ0v) is 21.0. The summed E-state index contributed by atoms with van der Waals surface area (Å²) in [6.45, 7) is 7.99. The first-order chi connectivity index (χ1) is 14.7. The molecule has 0 aromatic heterocycles. The normalized spacial score (nSPS) is 12.1. The van der Waals surface area contributed by atoms with E-state index in [4.69, 9.17) is 4.74 Å². The van der Waals surface area contributed by atoms with Crippen molar-refractivity contribution in [2.24, 2.45) is 5.92 Å². The van der Waals surface area contributed by atoms with Crippen LogP contribution in [-0.4, -0.2) is 19.2 Å². The molecule has 0 aliphatic heterocycles. The third-order valence-corrected chi connectivity index (χ3v) is 6.29. The second-order valence-electron chi connectivity index (χ2n) is 9.25. The van der Waals surface area contributed by atoms with Crippen LogP contribution in [0.5, 0.6) is 0 Å². The number of unbranched alkanes of at least 4 members (excludes halogenated alkanes) is 16. The van der Waals surface area contributed by atoms with Crippen LogP contribution in [0.1, 0.15) is 149 Å². The minimum absolute atomic E-state index is 0.231. The number of carbonyl (C=O) groups is 1. The molecule has 0 aromatic rings. The summed E-state index contributed by atoms with van der Waals surface area (Å²) in [6, 6.07) is 0. The topological polar surface area (TPSA) is 38.3 Å². The molecule has 0 saturated heterocycles. The molecule has 0 aliphatic rings. The molecule has 1 unspecified atom stereocenters. The summed E-state index contributed by atoms with van der Waals surface area (Å²) in [5, 5.41) is 2.91. The van der Waals surface area contributed by atoms with Crippen molar-refractivity contribution < 1.29 is 9.53 Å². The summed E-state index contributed by atoms with van der Waals surface area (Å²) in [6.07, 6.45) is 26.4. The van der Waals surface area contributed by atoms with Gasteiger partial charge in [-0.2, -0.15) is 0 Å². The van der Waals surface area contributed by atoms with E-state index in [1.807, 2.05) is 0 Å². The Morgan fingerprint density at radius 3 is 1.50 bits per heavy atom. The van der Waals surface area contributed by atoms with E-state index in [2.05, 4.69) is 26.1 Å². The van der Waals surface area contributed by atoms with Gasteiger partial charge in [0, 0.05) is 6.54 Å². The lowest BCUT2D eigenvalue weighted by molar-refractivity contribution is 0.122. The second-order valence-corrected chi connectivity index (χ2v) is 9.25. The molecule has 0 rings (SSSR count). The summed E-state index contributed by atoms with van der Waals surface area (Å²) in [7, 11) is 0. The van der Waals surface area contributed by atoms with Gasteiger partial charge in [0.2, 0.25) is 0 Å². The molecule has 3 nitrogen and oxygen atoms in total. The predicted molar refractivity (Wildman–Crippen MR) is 132 cm³/mol.